The molecule has 2 nitrogen and oxygen atoms in total. The molecule has 0 amide bonds. The zero-order chi connectivity index (χ0) is 7.78. The third-order valence-corrected chi connectivity index (χ3v) is 1.63. The second-order valence-corrected chi connectivity index (χ2v) is 3.64. The predicted octanol–water partition coefficient (Wildman–Crippen LogP) is 1.68. The Morgan fingerprint density at radius 1 is 1.50 bits per heavy atom. The molecule has 0 radical (unpaired) electrons. The summed E-state index contributed by atoms with van der Waals surface area (Å²) in [5.41, 5.74) is 6.86. The van der Waals surface area contributed by atoms with E-state index >= 15 is 0 Å². The molecule has 0 spiro atoms. The zero-order valence-electron chi connectivity index (χ0n) is 6.81. The molecule has 2 heteroatoms. The molecular formula is C8H14N2. The number of hydrogen-bond donors (Lipinski definition) is 1. The predicted molar refractivity (Wildman–Crippen MR) is 43.8 cm³/mol. The number of hydrogen-bond acceptors (Lipinski definition) is 2. The number of nitrogens with zero attached hydrogens (tertiary/aromatic N) is 1. The lowest BCUT2D eigenvalue weighted by molar-refractivity contribution is 0.585. The van der Waals surface area contributed by atoms with Crippen molar-refractivity contribution >= 4 is 5.71 Å². The monoisotopic (exact) mass is 138 g/mol. The molecular weight excluding hydrogens is 124 g/mol. The van der Waals surface area contributed by atoms with Crippen LogP contribution in [0.4, 0.5) is 0 Å². The Bertz CT molecular complexity index is 194. The van der Waals surface area contributed by atoms with Gasteiger partial charge in [0.25, 0.3) is 0 Å². The molecule has 2 N–H and O–H groups in total. The molecule has 1 rings (SSSR count). The normalized spacial score (nSPS) is 18.7. The van der Waals surface area contributed by atoms with Crippen LogP contribution in [-0.4, -0.2) is 5.71 Å². The molecule has 56 valence electrons. The summed E-state index contributed by atoms with van der Waals surface area (Å²) >= 11 is 0. The van der Waals surface area contributed by atoms with Crippen LogP contribution in [0.2, 0.25) is 0 Å². The van der Waals surface area contributed by atoms with E-state index < -0.39 is 0 Å². The topological polar surface area (TPSA) is 38.4 Å². The van der Waals surface area contributed by atoms with Gasteiger partial charge in [0.2, 0.25) is 0 Å². The maximum Gasteiger partial charge on any atom is 0.119 e. The number of allylic oxidation sites excluding steroid dienone is 1. The summed E-state index contributed by atoms with van der Waals surface area (Å²) in [7, 11) is 0. The van der Waals surface area contributed by atoms with Crippen molar-refractivity contribution in [2.45, 2.75) is 27.2 Å². The molecule has 0 atom stereocenters. The Kier molecular flexibility index (Phi) is 1.55. The van der Waals surface area contributed by atoms with Gasteiger partial charge in [0, 0.05) is 17.5 Å². The lowest BCUT2D eigenvalue weighted by Crippen LogP contribution is -2.17. The van der Waals surface area contributed by atoms with Crippen LogP contribution in [0.15, 0.2) is 16.9 Å². The highest BCUT2D eigenvalue weighted by atomic mass is 14.9. The molecule has 1 aliphatic rings. The molecule has 1 heterocycles. The summed E-state index contributed by atoms with van der Waals surface area (Å²) < 4.78 is 0. The van der Waals surface area contributed by atoms with Crippen molar-refractivity contribution < 1.29 is 0 Å². The third kappa shape index (κ3) is 1.38. The van der Waals surface area contributed by atoms with Gasteiger partial charge in [-0.15, -0.1) is 0 Å². The molecule has 0 aromatic rings. The Labute approximate surface area is 61.8 Å². The van der Waals surface area contributed by atoms with Gasteiger partial charge < -0.3 is 5.73 Å². The van der Waals surface area contributed by atoms with Crippen molar-refractivity contribution in [2.24, 2.45) is 16.1 Å². The lowest BCUT2D eigenvalue weighted by Gasteiger charge is -2.17. The summed E-state index contributed by atoms with van der Waals surface area (Å²) in [6.07, 6.45) is 2.88. The molecule has 0 saturated heterocycles. The van der Waals surface area contributed by atoms with Crippen molar-refractivity contribution in [3.63, 3.8) is 0 Å². The van der Waals surface area contributed by atoms with Crippen LogP contribution in [0.1, 0.15) is 27.2 Å². The fourth-order valence-electron chi connectivity index (χ4n) is 0.922. The highest BCUT2D eigenvalue weighted by Crippen LogP contribution is 2.23. The maximum atomic E-state index is 5.50. The molecule has 0 aliphatic carbocycles. The summed E-state index contributed by atoms with van der Waals surface area (Å²) in [4.78, 5) is 4.22. The van der Waals surface area contributed by atoms with Gasteiger partial charge in [-0.3, -0.25) is 0 Å². The van der Waals surface area contributed by atoms with E-state index in [-0.39, 0.29) is 5.41 Å². The highest BCUT2D eigenvalue weighted by molar-refractivity contribution is 5.92. The summed E-state index contributed by atoms with van der Waals surface area (Å²) in [5, 5.41) is 0. The van der Waals surface area contributed by atoms with E-state index in [9.17, 15) is 0 Å². The first-order valence-electron chi connectivity index (χ1n) is 3.54. The minimum Gasteiger partial charge on any atom is -0.384 e. The van der Waals surface area contributed by atoms with Gasteiger partial charge in [-0.25, -0.2) is 4.99 Å². The molecule has 0 aromatic carbocycles. The van der Waals surface area contributed by atoms with Crippen LogP contribution >= 0.6 is 0 Å². The molecule has 0 saturated carbocycles. The zero-order valence-corrected chi connectivity index (χ0v) is 6.81. The van der Waals surface area contributed by atoms with E-state index in [1.807, 2.05) is 6.08 Å². The Hall–Kier alpha value is -0.790. The molecule has 1 aliphatic heterocycles. The molecule has 0 aromatic heterocycles. The molecule has 0 bridgehead atoms. The van der Waals surface area contributed by atoms with Gasteiger partial charge in [-0.2, -0.15) is 0 Å². The quantitative estimate of drug-likeness (QED) is 0.543. The van der Waals surface area contributed by atoms with Gasteiger partial charge in [0.05, 0.1) is 0 Å². The second-order valence-electron chi connectivity index (χ2n) is 3.64. The molecule has 0 unspecified atom stereocenters. The maximum absolute atomic E-state index is 5.50. The van der Waals surface area contributed by atoms with E-state index in [1.54, 1.807) is 0 Å². The largest absolute Gasteiger partial charge is 0.384 e. The molecule has 0 fully saturated rings. The van der Waals surface area contributed by atoms with Crippen LogP contribution in [-0.2, 0) is 0 Å². The second kappa shape index (κ2) is 2.11. The van der Waals surface area contributed by atoms with Crippen molar-refractivity contribution in [1.82, 2.24) is 0 Å². The number of nitrogens with two attached hydrogens (primary N) is 1. The van der Waals surface area contributed by atoms with E-state index in [1.165, 1.54) is 5.71 Å². The van der Waals surface area contributed by atoms with Gasteiger partial charge in [-0.1, -0.05) is 20.8 Å². The molecule has 10 heavy (non-hydrogen) atoms. The van der Waals surface area contributed by atoms with Gasteiger partial charge in [0.15, 0.2) is 0 Å². The summed E-state index contributed by atoms with van der Waals surface area (Å²) in [6.45, 7) is 6.45. The van der Waals surface area contributed by atoms with Crippen molar-refractivity contribution in [3.05, 3.63) is 11.9 Å². The van der Waals surface area contributed by atoms with E-state index in [4.69, 9.17) is 5.73 Å². The smallest absolute Gasteiger partial charge is 0.119 e. The van der Waals surface area contributed by atoms with E-state index in [2.05, 4.69) is 25.8 Å². The average molecular weight is 138 g/mol. The van der Waals surface area contributed by atoms with E-state index in [0.29, 0.717) is 5.82 Å². The number of rotatable bonds is 0. The van der Waals surface area contributed by atoms with Gasteiger partial charge in [-0.05, 0) is 6.08 Å². The fourth-order valence-corrected chi connectivity index (χ4v) is 0.922. The van der Waals surface area contributed by atoms with Crippen molar-refractivity contribution in [1.29, 1.82) is 0 Å². The Balaban J connectivity index is 2.73. The summed E-state index contributed by atoms with van der Waals surface area (Å²) in [6, 6.07) is 0. The van der Waals surface area contributed by atoms with Crippen LogP contribution in [0.5, 0.6) is 0 Å². The van der Waals surface area contributed by atoms with Crippen LogP contribution in [0.3, 0.4) is 0 Å². The lowest BCUT2D eigenvalue weighted by atomic mass is 9.89. The summed E-state index contributed by atoms with van der Waals surface area (Å²) in [5.74, 6) is 0.671. The van der Waals surface area contributed by atoms with Crippen molar-refractivity contribution in [3.8, 4) is 0 Å². The highest BCUT2D eigenvalue weighted by Gasteiger charge is 2.20. The average Bonchev–Trinajstić information content (AvgIpc) is 2.11. The Morgan fingerprint density at radius 3 is 2.30 bits per heavy atom. The first-order valence-corrected chi connectivity index (χ1v) is 3.54. The SMILES string of the molecule is CC(C)(C)C1=NC(N)=CC1. The van der Waals surface area contributed by atoms with Crippen LogP contribution in [0, 0.1) is 5.41 Å². The van der Waals surface area contributed by atoms with Gasteiger partial charge in [0.1, 0.15) is 5.82 Å². The van der Waals surface area contributed by atoms with Crippen LogP contribution < -0.4 is 5.73 Å². The Morgan fingerprint density at radius 2 is 2.10 bits per heavy atom. The number of aliphatic imine (C=N–C) groups is 1. The minimum absolute atomic E-state index is 0.178. The standard InChI is InChI=1S/C8H14N2/c1-8(2,3)6-4-5-7(9)10-6/h5H,4,9H2,1-3H3. The van der Waals surface area contributed by atoms with E-state index in [0.717, 1.165) is 6.42 Å². The first kappa shape index (κ1) is 7.32. The fraction of sp³-hybridized carbons (Fsp3) is 0.625. The van der Waals surface area contributed by atoms with Crippen LogP contribution in [0.25, 0.3) is 0 Å². The first-order chi connectivity index (χ1) is 4.50. The van der Waals surface area contributed by atoms with Crippen molar-refractivity contribution in [2.75, 3.05) is 0 Å². The van der Waals surface area contributed by atoms with Gasteiger partial charge >= 0.3 is 0 Å². The third-order valence-electron chi connectivity index (χ3n) is 1.63. The minimum atomic E-state index is 0.178.